The number of nitrogens with one attached hydrogen (secondary N) is 2. The van der Waals surface area contributed by atoms with E-state index in [1.165, 1.54) is 25.5 Å². The van der Waals surface area contributed by atoms with Gasteiger partial charge in [-0.2, -0.15) is 0 Å². The van der Waals surface area contributed by atoms with E-state index in [-0.39, 0.29) is 25.2 Å². The average molecular weight is 536 g/mol. The zero-order valence-corrected chi connectivity index (χ0v) is 23.5. The van der Waals surface area contributed by atoms with Gasteiger partial charge >= 0.3 is 12.0 Å². The molecule has 0 aromatic heterocycles. The van der Waals surface area contributed by atoms with Gasteiger partial charge in [0.2, 0.25) is 0 Å². The molecule has 0 aliphatic carbocycles. The maximum atomic E-state index is 13.2. The standard InChI is InChI=1S/C31H41N3O5/c1-5-7-9-11-23-14-16-24(17-15-23)29(35)32-26-13-10-12-25(21-26)28-27(30(36)39-20-19-38-4)22(3)34(18-8-6-2)31(37)33-28/h10,12-17,21,28H,5-9,11,18-20H2,1-4H3,(H,32,35)(H,33,37). The number of nitrogens with zero attached hydrogens (tertiary/aromatic N) is 1. The van der Waals surface area contributed by atoms with Crippen molar-refractivity contribution in [1.29, 1.82) is 0 Å². The summed E-state index contributed by atoms with van der Waals surface area (Å²) in [6.45, 7) is 6.88. The molecule has 2 aromatic rings. The third-order valence-electron chi connectivity index (χ3n) is 6.84. The minimum Gasteiger partial charge on any atom is -0.460 e. The van der Waals surface area contributed by atoms with Crippen molar-refractivity contribution in [2.24, 2.45) is 0 Å². The molecule has 1 unspecified atom stereocenters. The first-order valence-corrected chi connectivity index (χ1v) is 13.8. The lowest BCUT2D eigenvalue weighted by atomic mass is 9.94. The number of unbranched alkanes of at least 4 members (excludes halogenated alkanes) is 3. The monoisotopic (exact) mass is 535 g/mol. The summed E-state index contributed by atoms with van der Waals surface area (Å²) in [6.07, 6.45) is 6.23. The largest absolute Gasteiger partial charge is 0.460 e. The molecule has 0 bridgehead atoms. The number of urea groups is 1. The Bertz CT molecular complexity index is 1160. The number of methoxy groups -OCH3 is 1. The zero-order chi connectivity index (χ0) is 28.2. The van der Waals surface area contributed by atoms with Crippen LogP contribution < -0.4 is 10.6 Å². The first kappa shape index (κ1) is 29.9. The molecule has 210 valence electrons. The maximum absolute atomic E-state index is 13.2. The summed E-state index contributed by atoms with van der Waals surface area (Å²) in [5.41, 5.74) is 3.94. The molecule has 1 atom stereocenters. The lowest BCUT2D eigenvalue weighted by molar-refractivity contribution is -0.140. The van der Waals surface area contributed by atoms with Crippen LogP contribution in [-0.4, -0.2) is 49.7 Å². The highest BCUT2D eigenvalue weighted by molar-refractivity contribution is 6.04. The van der Waals surface area contributed by atoms with Gasteiger partial charge in [-0.05, 0) is 61.6 Å². The molecule has 0 spiro atoms. The summed E-state index contributed by atoms with van der Waals surface area (Å²) < 4.78 is 10.5. The molecule has 0 radical (unpaired) electrons. The van der Waals surface area contributed by atoms with Crippen molar-refractivity contribution in [3.63, 3.8) is 0 Å². The summed E-state index contributed by atoms with van der Waals surface area (Å²) in [6, 6.07) is 13.9. The molecule has 2 N–H and O–H groups in total. The number of hydrogen-bond acceptors (Lipinski definition) is 5. The van der Waals surface area contributed by atoms with E-state index in [1.807, 2.05) is 37.3 Å². The second-order valence-electron chi connectivity index (χ2n) is 9.75. The summed E-state index contributed by atoms with van der Waals surface area (Å²) >= 11 is 0. The van der Waals surface area contributed by atoms with Gasteiger partial charge < -0.3 is 20.1 Å². The minimum absolute atomic E-state index is 0.106. The van der Waals surface area contributed by atoms with Crippen molar-refractivity contribution in [1.82, 2.24) is 10.2 Å². The molecule has 1 aliphatic heterocycles. The molecule has 8 heteroatoms. The van der Waals surface area contributed by atoms with Crippen molar-refractivity contribution in [2.75, 3.05) is 32.2 Å². The van der Waals surface area contributed by atoms with Crippen LogP contribution in [0.5, 0.6) is 0 Å². The molecule has 0 saturated carbocycles. The minimum atomic E-state index is -0.718. The highest BCUT2D eigenvalue weighted by Crippen LogP contribution is 2.32. The Labute approximate surface area is 231 Å². The van der Waals surface area contributed by atoms with Crippen molar-refractivity contribution in [3.8, 4) is 0 Å². The SMILES string of the molecule is CCCCCc1ccc(C(=O)Nc2cccc(C3NC(=O)N(CCCC)C(C)=C3C(=O)OCCOC)c2)cc1. The van der Waals surface area contributed by atoms with Crippen LogP contribution in [-0.2, 0) is 20.7 Å². The maximum Gasteiger partial charge on any atom is 0.338 e. The summed E-state index contributed by atoms with van der Waals surface area (Å²) in [5.74, 6) is -0.735. The molecule has 2 aromatic carbocycles. The van der Waals surface area contributed by atoms with E-state index in [1.54, 1.807) is 30.0 Å². The van der Waals surface area contributed by atoms with Crippen LogP contribution in [0.2, 0.25) is 0 Å². The highest BCUT2D eigenvalue weighted by Gasteiger charge is 2.36. The average Bonchev–Trinajstić information content (AvgIpc) is 2.93. The van der Waals surface area contributed by atoms with E-state index >= 15 is 0 Å². The quantitative estimate of drug-likeness (QED) is 0.228. The normalized spacial score (nSPS) is 15.2. The molecule has 1 heterocycles. The van der Waals surface area contributed by atoms with Crippen LogP contribution in [0.1, 0.15) is 80.4 Å². The lowest BCUT2D eigenvalue weighted by Crippen LogP contribution is -2.48. The van der Waals surface area contributed by atoms with Crippen molar-refractivity contribution in [3.05, 3.63) is 76.5 Å². The molecule has 0 saturated heterocycles. The Hall–Kier alpha value is -3.65. The van der Waals surface area contributed by atoms with Gasteiger partial charge in [0.1, 0.15) is 6.61 Å². The van der Waals surface area contributed by atoms with Crippen LogP contribution in [0.4, 0.5) is 10.5 Å². The number of rotatable bonds is 14. The van der Waals surface area contributed by atoms with E-state index < -0.39 is 12.0 Å². The number of allylic oxidation sites excluding steroid dienone is 1. The van der Waals surface area contributed by atoms with E-state index in [9.17, 15) is 14.4 Å². The summed E-state index contributed by atoms with van der Waals surface area (Å²) in [4.78, 5) is 40.7. The van der Waals surface area contributed by atoms with Gasteiger partial charge in [0.15, 0.2) is 0 Å². The van der Waals surface area contributed by atoms with Gasteiger partial charge in [-0.25, -0.2) is 9.59 Å². The topological polar surface area (TPSA) is 97.0 Å². The zero-order valence-electron chi connectivity index (χ0n) is 23.5. The summed E-state index contributed by atoms with van der Waals surface area (Å²) in [7, 11) is 1.54. The lowest BCUT2D eigenvalue weighted by Gasteiger charge is -2.35. The Balaban J connectivity index is 1.82. The van der Waals surface area contributed by atoms with E-state index in [0.717, 1.165) is 25.7 Å². The Morgan fingerprint density at radius 3 is 2.44 bits per heavy atom. The fraction of sp³-hybridized carbons (Fsp3) is 0.452. The molecule has 0 fully saturated rings. The molecule has 1 aliphatic rings. The van der Waals surface area contributed by atoms with Crippen LogP contribution in [0.3, 0.4) is 0 Å². The molecular formula is C31H41N3O5. The third-order valence-corrected chi connectivity index (χ3v) is 6.84. The smallest absolute Gasteiger partial charge is 0.338 e. The van der Waals surface area contributed by atoms with E-state index in [2.05, 4.69) is 17.6 Å². The molecule has 8 nitrogen and oxygen atoms in total. The highest BCUT2D eigenvalue weighted by atomic mass is 16.6. The molecule has 3 amide bonds. The number of ether oxygens (including phenoxy) is 2. The first-order chi connectivity index (χ1) is 18.9. The van der Waals surface area contributed by atoms with Gasteiger partial charge in [0.25, 0.3) is 5.91 Å². The van der Waals surface area contributed by atoms with Crippen LogP contribution in [0.15, 0.2) is 59.8 Å². The van der Waals surface area contributed by atoms with Crippen LogP contribution in [0, 0.1) is 0 Å². The van der Waals surface area contributed by atoms with Crippen molar-refractivity contribution >= 4 is 23.6 Å². The van der Waals surface area contributed by atoms with Crippen molar-refractivity contribution < 1.29 is 23.9 Å². The predicted octanol–water partition coefficient (Wildman–Crippen LogP) is 6.00. The van der Waals surface area contributed by atoms with Gasteiger partial charge in [-0.15, -0.1) is 0 Å². The van der Waals surface area contributed by atoms with E-state index in [0.29, 0.717) is 34.6 Å². The van der Waals surface area contributed by atoms with Gasteiger partial charge in [-0.1, -0.05) is 57.4 Å². The Kier molecular flexibility index (Phi) is 11.6. The first-order valence-electron chi connectivity index (χ1n) is 13.8. The molecule has 39 heavy (non-hydrogen) atoms. The van der Waals surface area contributed by atoms with E-state index in [4.69, 9.17) is 9.47 Å². The molecule has 3 rings (SSSR count). The number of amides is 3. The number of esters is 1. The number of hydrogen-bond donors (Lipinski definition) is 2. The van der Waals surface area contributed by atoms with Crippen LogP contribution in [0.25, 0.3) is 0 Å². The second-order valence-corrected chi connectivity index (χ2v) is 9.75. The molecular weight excluding hydrogens is 494 g/mol. The number of carbonyl (C=O) groups excluding carboxylic acids is 3. The Morgan fingerprint density at radius 2 is 1.74 bits per heavy atom. The van der Waals surface area contributed by atoms with Gasteiger partial charge in [0, 0.05) is 30.6 Å². The number of carbonyl (C=O) groups is 3. The van der Waals surface area contributed by atoms with Gasteiger partial charge in [0.05, 0.1) is 18.2 Å². The second kappa shape index (κ2) is 15.1. The fourth-order valence-electron chi connectivity index (χ4n) is 4.58. The Morgan fingerprint density at radius 1 is 1.00 bits per heavy atom. The third kappa shape index (κ3) is 8.17. The predicted molar refractivity (Wildman–Crippen MR) is 152 cm³/mol. The number of benzene rings is 2. The summed E-state index contributed by atoms with van der Waals surface area (Å²) in [5, 5.41) is 5.91. The van der Waals surface area contributed by atoms with Gasteiger partial charge in [-0.3, -0.25) is 9.69 Å². The fourth-order valence-corrected chi connectivity index (χ4v) is 4.58. The van der Waals surface area contributed by atoms with Crippen molar-refractivity contribution in [2.45, 2.75) is 65.3 Å². The number of anilines is 1. The van der Waals surface area contributed by atoms with Crippen LogP contribution >= 0.6 is 0 Å². The number of aryl methyl sites for hydroxylation is 1.